The lowest BCUT2D eigenvalue weighted by Gasteiger charge is -2.35. The van der Waals surface area contributed by atoms with Crippen LogP contribution in [0.5, 0.6) is 0 Å². The third kappa shape index (κ3) is 3.99. The molecular formula is C18H23ClN4O. The Morgan fingerprint density at radius 3 is 2.58 bits per heavy atom. The largest absolute Gasteiger partial charge is 0.366 e. The van der Waals surface area contributed by atoms with E-state index in [-0.39, 0.29) is 12.0 Å². The lowest BCUT2D eigenvalue weighted by Crippen LogP contribution is -2.45. The van der Waals surface area contributed by atoms with E-state index in [4.69, 9.17) is 16.9 Å². The van der Waals surface area contributed by atoms with E-state index >= 15 is 0 Å². The number of halogens is 1. The van der Waals surface area contributed by atoms with Crippen LogP contribution in [0.15, 0.2) is 12.3 Å². The molecule has 24 heavy (non-hydrogen) atoms. The number of aromatic nitrogens is 1. The highest BCUT2D eigenvalue weighted by atomic mass is 35.5. The minimum Gasteiger partial charge on any atom is -0.366 e. The normalized spacial score (nSPS) is 19.8. The molecule has 3 rings (SSSR count). The molecule has 1 saturated carbocycles. The van der Waals surface area contributed by atoms with Gasteiger partial charge in [0.2, 0.25) is 5.91 Å². The molecule has 1 N–H and O–H groups in total. The van der Waals surface area contributed by atoms with Gasteiger partial charge in [-0.05, 0) is 31.7 Å². The van der Waals surface area contributed by atoms with Gasteiger partial charge in [-0.1, -0.05) is 30.9 Å². The summed E-state index contributed by atoms with van der Waals surface area (Å²) in [4.78, 5) is 18.8. The molecule has 2 fully saturated rings. The Bertz CT molecular complexity index is 628. The molecule has 1 aliphatic carbocycles. The van der Waals surface area contributed by atoms with Crippen molar-refractivity contribution in [1.82, 2.24) is 9.88 Å². The molecule has 1 aromatic rings. The van der Waals surface area contributed by atoms with Crippen LogP contribution in [0.1, 0.15) is 50.5 Å². The average molecular weight is 347 g/mol. The number of nitrogens with one attached hydrogen (secondary N) is 1. The number of nitrogens with zero attached hydrogens (tertiary/aromatic N) is 3. The van der Waals surface area contributed by atoms with E-state index < -0.39 is 0 Å². The van der Waals surface area contributed by atoms with Crippen molar-refractivity contribution in [3.63, 3.8) is 0 Å². The highest BCUT2D eigenvalue weighted by Crippen LogP contribution is 2.27. The van der Waals surface area contributed by atoms with Gasteiger partial charge < -0.3 is 10.2 Å². The Labute approximate surface area is 148 Å². The number of likely N-dealkylation sites (tertiary alicyclic amines) is 1. The standard InChI is InChI=1S/C18H23ClN4O/c19-16-10-13(11-20)12-21-17(16)22-15-6-8-23(9-7-15)18(24)14-4-2-1-3-5-14/h10,12,14-15H,1-9H2,(H,21,22). The number of hydrogen-bond acceptors (Lipinski definition) is 4. The minimum absolute atomic E-state index is 0.248. The fourth-order valence-corrected chi connectivity index (χ4v) is 3.87. The zero-order valence-corrected chi connectivity index (χ0v) is 14.6. The number of anilines is 1. The molecule has 0 bridgehead atoms. The zero-order chi connectivity index (χ0) is 16.9. The van der Waals surface area contributed by atoms with Crippen LogP contribution in [-0.4, -0.2) is 34.9 Å². The molecule has 1 amide bonds. The molecule has 128 valence electrons. The zero-order valence-electron chi connectivity index (χ0n) is 13.8. The highest BCUT2D eigenvalue weighted by molar-refractivity contribution is 6.33. The molecule has 1 aliphatic heterocycles. The molecule has 0 spiro atoms. The Kier molecular flexibility index (Phi) is 5.57. The maximum atomic E-state index is 12.6. The number of nitriles is 1. The molecule has 6 heteroatoms. The number of pyridine rings is 1. The SMILES string of the molecule is N#Cc1cnc(NC2CCN(C(=O)C3CCCCC3)CC2)c(Cl)c1. The predicted octanol–water partition coefficient (Wildman–Crippen LogP) is 3.59. The second-order valence-electron chi connectivity index (χ2n) is 6.75. The van der Waals surface area contributed by atoms with Gasteiger partial charge in [0.15, 0.2) is 0 Å². The Morgan fingerprint density at radius 1 is 1.25 bits per heavy atom. The van der Waals surface area contributed by atoms with Crippen LogP contribution in [0.4, 0.5) is 5.82 Å². The Balaban J connectivity index is 1.52. The number of piperidine rings is 1. The van der Waals surface area contributed by atoms with Gasteiger partial charge in [-0.2, -0.15) is 5.26 Å². The van der Waals surface area contributed by atoms with E-state index in [9.17, 15) is 4.79 Å². The lowest BCUT2D eigenvalue weighted by atomic mass is 9.87. The summed E-state index contributed by atoms with van der Waals surface area (Å²) in [5, 5.41) is 12.7. The smallest absolute Gasteiger partial charge is 0.225 e. The van der Waals surface area contributed by atoms with Gasteiger partial charge in [-0.15, -0.1) is 0 Å². The summed E-state index contributed by atoms with van der Waals surface area (Å²) in [6, 6.07) is 3.92. The molecule has 1 aromatic heterocycles. The Hall–Kier alpha value is -1.80. The van der Waals surface area contributed by atoms with Gasteiger partial charge in [-0.25, -0.2) is 4.98 Å². The summed E-state index contributed by atoms with van der Waals surface area (Å²) >= 11 is 6.17. The van der Waals surface area contributed by atoms with Crippen molar-refractivity contribution >= 4 is 23.3 Å². The number of carbonyl (C=O) groups is 1. The van der Waals surface area contributed by atoms with E-state index in [1.807, 2.05) is 11.0 Å². The summed E-state index contributed by atoms with van der Waals surface area (Å²) in [7, 11) is 0. The monoisotopic (exact) mass is 346 g/mol. The van der Waals surface area contributed by atoms with Crippen molar-refractivity contribution in [1.29, 1.82) is 5.26 Å². The van der Waals surface area contributed by atoms with Gasteiger partial charge in [-0.3, -0.25) is 4.79 Å². The first-order chi connectivity index (χ1) is 11.7. The number of hydrogen-bond donors (Lipinski definition) is 1. The van der Waals surface area contributed by atoms with Crippen molar-refractivity contribution in [3.05, 3.63) is 22.8 Å². The van der Waals surface area contributed by atoms with Crippen LogP contribution in [0.3, 0.4) is 0 Å². The first-order valence-electron chi connectivity index (χ1n) is 8.78. The third-order valence-corrected chi connectivity index (χ3v) is 5.36. The summed E-state index contributed by atoms with van der Waals surface area (Å²) in [6.07, 6.45) is 9.09. The molecule has 2 heterocycles. The average Bonchev–Trinajstić information content (AvgIpc) is 2.64. The van der Waals surface area contributed by atoms with Crippen LogP contribution in [0.25, 0.3) is 0 Å². The van der Waals surface area contributed by atoms with Crippen LogP contribution in [0, 0.1) is 17.2 Å². The summed E-state index contributed by atoms with van der Waals surface area (Å²) in [5.41, 5.74) is 0.457. The van der Waals surface area contributed by atoms with Gasteiger partial charge in [0.05, 0.1) is 10.6 Å². The van der Waals surface area contributed by atoms with E-state index in [2.05, 4.69) is 10.3 Å². The van der Waals surface area contributed by atoms with E-state index in [1.54, 1.807) is 6.07 Å². The van der Waals surface area contributed by atoms with Crippen molar-refractivity contribution in [2.75, 3.05) is 18.4 Å². The molecule has 5 nitrogen and oxygen atoms in total. The lowest BCUT2D eigenvalue weighted by molar-refractivity contribution is -0.137. The second-order valence-corrected chi connectivity index (χ2v) is 7.15. The summed E-state index contributed by atoms with van der Waals surface area (Å²) in [5.74, 6) is 1.22. The third-order valence-electron chi connectivity index (χ3n) is 5.07. The minimum atomic E-state index is 0.248. The summed E-state index contributed by atoms with van der Waals surface area (Å²) < 4.78 is 0. The predicted molar refractivity (Wildman–Crippen MR) is 93.8 cm³/mol. The first kappa shape index (κ1) is 17.0. The Morgan fingerprint density at radius 2 is 1.96 bits per heavy atom. The fraction of sp³-hybridized carbons (Fsp3) is 0.611. The maximum absolute atomic E-state index is 12.6. The maximum Gasteiger partial charge on any atom is 0.225 e. The van der Waals surface area contributed by atoms with Crippen molar-refractivity contribution in [2.24, 2.45) is 5.92 Å². The number of amides is 1. The topological polar surface area (TPSA) is 69.0 Å². The van der Waals surface area contributed by atoms with E-state index in [0.717, 1.165) is 38.8 Å². The summed E-state index contributed by atoms with van der Waals surface area (Å²) in [6.45, 7) is 1.59. The molecular weight excluding hydrogens is 324 g/mol. The highest BCUT2D eigenvalue weighted by Gasteiger charge is 2.29. The molecule has 0 aromatic carbocycles. The van der Waals surface area contributed by atoms with E-state index in [1.165, 1.54) is 25.5 Å². The molecule has 0 radical (unpaired) electrons. The van der Waals surface area contributed by atoms with Gasteiger partial charge in [0.25, 0.3) is 0 Å². The second kappa shape index (κ2) is 7.85. The molecule has 0 unspecified atom stereocenters. The van der Waals surface area contributed by atoms with Crippen LogP contribution in [0.2, 0.25) is 5.02 Å². The van der Waals surface area contributed by atoms with Crippen molar-refractivity contribution in [2.45, 2.75) is 51.0 Å². The molecule has 2 aliphatic rings. The molecule has 1 saturated heterocycles. The van der Waals surface area contributed by atoms with Crippen LogP contribution < -0.4 is 5.32 Å². The number of rotatable bonds is 3. The van der Waals surface area contributed by atoms with Crippen LogP contribution >= 0.6 is 11.6 Å². The van der Waals surface area contributed by atoms with E-state index in [0.29, 0.717) is 22.3 Å². The van der Waals surface area contributed by atoms with Gasteiger partial charge in [0.1, 0.15) is 11.9 Å². The van der Waals surface area contributed by atoms with Crippen LogP contribution in [-0.2, 0) is 4.79 Å². The number of carbonyl (C=O) groups excluding carboxylic acids is 1. The van der Waals surface area contributed by atoms with Crippen molar-refractivity contribution < 1.29 is 4.79 Å². The van der Waals surface area contributed by atoms with Crippen molar-refractivity contribution in [3.8, 4) is 6.07 Å². The fourth-order valence-electron chi connectivity index (χ4n) is 3.65. The quantitative estimate of drug-likeness (QED) is 0.908. The molecule has 0 atom stereocenters. The van der Waals surface area contributed by atoms with Gasteiger partial charge in [0, 0.05) is 31.2 Å². The first-order valence-corrected chi connectivity index (χ1v) is 9.16. The van der Waals surface area contributed by atoms with Gasteiger partial charge >= 0.3 is 0 Å².